The number of anilines is 1. The number of ketones is 3. The standard InChI is InChI=1S/C28H40N4O7/c1-6-7-8-30-12-14-11-17(31(2)3)15-9-13-10-16-21(32(4)5)24(35)20(27(29)38)26(37)28(16,39)25(36)18(13)23(34)19(15)22(14)33/h11,13,16,18,20-21,24,30,33,35,39H,6-10,12H2,1-5H3,(H2,29,38)/t13-,16-,18?,20?,21-,24?,28-/m1/s1. The van der Waals surface area contributed by atoms with Gasteiger partial charge in [-0.3, -0.25) is 19.2 Å². The number of Topliss-reactive ketones (excluding diaryl/α,β-unsaturated/α-hetero) is 3. The van der Waals surface area contributed by atoms with Gasteiger partial charge >= 0.3 is 0 Å². The van der Waals surface area contributed by atoms with Crippen molar-refractivity contribution in [2.45, 2.75) is 56.9 Å². The van der Waals surface area contributed by atoms with E-state index in [4.69, 9.17) is 5.73 Å². The van der Waals surface area contributed by atoms with Crippen molar-refractivity contribution in [2.24, 2.45) is 29.4 Å². The number of benzene rings is 1. The van der Waals surface area contributed by atoms with Crippen LogP contribution in [0.1, 0.15) is 47.7 Å². The van der Waals surface area contributed by atoms with E-state index in [1.54, 1.807) is 19.0 Å². The topological polar surface area (TPSA) is 174 Å². The Morgan fingerprint density at radius 1 is 1.18 bits per heavy atom. The van der Waals surface area contributed by atoms with E-state index in [0.717, 1.165) is 25.1 Å². The highest BCUT2D eigenvalue weighted by molar-refractivity contribution is 6.25. The van der Waals surface area contributed by atoms with Crippen LogP contribution in [-0.2, 0) is 27.3 Å². The lowest BCUT2D eigenvalue weighted by Gasteiger charge is -2.55. The Bertz CT molecular complexity index is 1200. The molecule has 0 saturated heterocycles. The smallest absolute Gasteiger partial charge is 0.230 e. The van der Waals surface area contributed by atoms with Crippen LogP contribution < -0.4 is 16.0 Å². The first kappa shape index (κ1) is 29.1. The van der Waals surface area contributed by atoms with Gasteiger partial charge in [0.05, 0.1) is 17.6 Å². The summed E-state index contributed by atoms with van der Waals surface area (Å²) in [6.07, 6.45) is 0.782. The van der Waals surface area contributed by atoms with E-state index in [1.165, 1.54) is 0 Å². The van der Waals surface area contributed by atoms with E-state index in [9.17, 15) is 34.5 Å². The molecule has 2 fully saturated rings. The number of likely N-dealkylation sites (N-methyl/N-ethyl adjacent to an activating group) is 1. The van der Waals surface area contributed by atoms with Crippen LogP contribution in [0, 0.1) is 23.7 Å². The first-order valence-corrected chi connectivity index (χ1v) is 13.5. The monoisotopic (exact) mass is 544 g/mol. The number of primary amides is 1. The molecule has 0 heterocycles. The van der Waals surface area contributed by atoms with Gasteiger partial charge in [0.15, 0.2) is 23.0 Å². The lowest BCUT2D eigenvalue weighted by molar-refractivity contribution is -0.190. The minimum atomic E-state index is -2.67. The van der Waals surface area contributed by atoms with Crippen molar-refractivity contribution in [3.8, 4) is 5.75 Å². The average Bonchev–Trinajstić information content (AvgIpc) is 2.84. The zero-order valence-electron chi connectivity index (χ0n) is 23.2. The third-order valence-electron chi connectivity index (χ3n) is 8.85. The fourth-order valence-electron chi connectivity index (χ4n) is 6.98. The molecule has 3 aliphatic rings. The number of rotatable bonds is 8. The van der Waals surface area contributed by atoms with Gasteiger partial charge in [-0.25, -0.2) is 0 Å². The van der Waals surface area contributed by atoms with Gasteiger partial charge in [-0.05, 0) is 57.5 Å². The Labute approximate surface area is 228 Å². The highest BCUT2D eigenvalue weighted by Gasteiger charge is 2.69. The first-order valence-electron chi connectivity index (χ1n) is 13.5. The summed E-state index contributed by atoms with van der Waals surface area (Å²) in [5.74, 6) is -8.95. The van der Waals surface area contributed by atoms with Crippen LogP contribution in [0.5, 0.6) is 5.75 Å². The molecule has 3 aliphatic carbocycles. The second kappa shape index (κ2) is 10.6. The molecule has 39 heavy (non-hydrogen) atoms. The lowest BCUT2D eigenvalue weighted by atomic mass is 9.52. The Morgan fingerprint density at radius 3 is 2.41 bits per heavy atom. The zero-order chi connectivity index (χ0) is 29.0. The maximum absolute atomic E-state index is 14.0. The summed E-state index contributed by atoms with van der Waals surface area (Å²) >= 11 is 0. The second-order valence-corrected chi connectivity index (χ2v) is 11.6. The molecular weight excluding hydrogens is 504 g/mol. The number of carbonyl (C=O) groups is 4. The molecule has 2 saturated carbocycles. The summed E-state index contributed by atoms with van der Waals surface area (Å²) < 4.78 is 0. The molecule has 1 amide bonds. The normalized spacial score (nSPS) is 32.1. The van der Waals surface area contributed by atoms with Crippen LogP contribution in [0.25, 0.3) is 0 Å². The number of phenols is 1. The molecule has 11 heteroatoms. The summed E-state index contributed by atoms with van der Waals surface area (Å²) in [6.45, 7) is 3.13. The lowest BCUT2D eigenvalue weighted by Crippen LogP contribution is -2.75. The predicted octanol–water partition coefficient (Wildman–Crippen LogP) is -0.385. The van der Waals surface area contributed by atoms with E-state index in [0.29, 0.717) is 17.7 Å². The van der Waals surface area contributed by atoms with Gasteiger partial charge < -0.3 is 36.2 Å². The van der Waals surface area contributed by atoms with Gasteiger partial charge in [0, 0.05) is 43.9 Å². The maximum atomic E-state index is 14.0. The van der Waals surface area contributed by atoms with Gasteiger partial charge in [-0.15, -0.1) is 0 Å². The van der Waals surface area contributed by atoms with Crippen LogP contribution in [0.15, 0.2) is 6.07 Å². The quantitative estimate of drug-likeness (QED) is 0.214. The number of unbranched alkanes of at least 4 members (excludes halogenated alkanes) is 1. The minimum Gasteiger partial charge on any atom is -0.507 e. The van der Waals surface area contributed by atoms with E-state index >= 15 is 0 Å². The molecule has 0 radical (unpaired) electrons. The number of aliphatic hydroxyl groups excluding tert-OH is 1. The van der Waals surface area contributed by atoms with Gasteiger partial charge in [0.25, 0.3) is 0 Å². The number of aliphatic hydroxyl groups is 2. The van der Waals surface area contributed by atoms with Crippen molar-refractivity contribution in [3.05, 3.63) is 22.8 Å². The molecular formula is C28H40N4O7. The summed E-state index contributed by atoms with van der Waals surface area (Å²) in [5, 5.41) is 37.2. The molecule has 0 bridgehead atoms. The number of phenolic OH excluding ortho intramolecular Hbond substituents is 1. The van der Waals surface area contributed by atoms with Crippen LogP contribution in [0.2, 0.25) is 0 Å². The van der Waals surface area contributed by atoms with Crippen molar-refractivity contribution < 1.29 is 34.5 Å². The van der Waals surface area contributed by atoms with Crippen molar-refractivity contribution in [1.29, 1.82) is 0 Å². The molecule has 7 atom stereocenters. The predicted molar refractivity (Wildman–Crippen MR) is 143 cm³/mol. The molecule has 1 aromatic rings. The van der Waals surface area contributed by atoms with E-state index in [1.807, 2.05) is 25.1 Å². The number of hydrogen-bond acceptors (Lipinski definition) is 10. The third-order valence-corrected chi connectivity index (χ3v) is 8.85. The Balaban J connectivity index is 1.82. The number of nitrogens with two attached hydrogens (primary N) is 1. The largest absolute Gasteiger partial charge is 0.507 e. The highest BCUT2D eigenvalue weighted by Crippen LogP contribution is 2.52. The molecule has 0 aliphatic heterocycles. The average molecular weight is 545 g/mol. The van der Waals surface area contributed by atoms with Crippen molar-refractivity contribution >= 4 is 28.9 Å². The van der Waals surface area contributed by atoms with Crippen molar-refractivity contribution in [2.75, 3.05) is 39.6 Å². The van der Waals surface area contributed by atoms with Crippen LogP contribution in [-0.4, -0.2) is 96.0 Å². The highest BCUT2D eigenvalue weighted by atomic mass is 16.3. The van der Waals surface area contributed by atoms with Crippen LogP contribution >= 0.6 is 0 Å². The van der Waals surface area contributed by atoms with Gasteiger partial charge in [-0.1, -0.05) is 13.3 Å². The number of fused-ring (bicyclic) bond motifs is 3. The second-order valence-electron chi connectivity index (χ2n) is 11.6. The Hall–Kier alpha value is -2.86. The Kier molecular flexibility index (Phi) is 7.92. The number of aromatic hydroxyl groups is 1. The number of carbonyl (C=O) groups excluding carboxylic acids is 4. The number of nitrogens with one attached hydrogen (secondary N) is 1. The van der Waals surface area contributed by atoms with Crippen molar-refractivity contribution in [1.82, 2.24) is 10.2 Å². The third kappa shape index (κ3) is 4.45. The van der Waals surface area contributed by atoms with Crippen molar-refractivity contribution in [3.63, 3.8) is 0 Å². The van der Waals surface area contributed by atoms with Gasteiger partial charge in [0.2, 0.25) is 5.91 Å². The summed E-state index contributed by atoms with van der Waals surface area (Å²) in [4.78, 5) is 57.1. The maximum Gasteiger partial charge on any atom is 0.230 e. The Morgan fingerprint density at radius 2 is 1.85 bits per heavy atom. The summed E-state index contributed by atoms with van der Waals surface area (Å²) in [6, 6.07) is 0.917. The number of amides is 1. The minimum absolute atomic E-state index is 0.0315. The van der Waals surface area contributed by atoms with E-state index in [-0.39, 0.29) is 24.2 Å². The van der Waals surface area contributed by atoms with E-state index < -0.39 is 64.7 Å². The molecule has 1 aromatic carbocycles. The molecule has 3 unspecified atom stereocenters. The summed E-state index contributed by atoms with van der Waals surface area (Å²) in [5.41, 5.74) is 4.66. The first-order chi connectivity index (χ1) is 18.3. The van der Waals surface area contributed by atoms with Crippen LogP contribution in [0.4, 0.5) is 5.69 Å². The fourth-order valence-corrected chi connectivity index (χ4v) is 6.98. The fraction of sp³-hybridized carbons (Fsp3) is 0.643. The van der Waals surface area contributed by atoms with Crippen LogP contribution in [0.3, 0.4) is 0 Å². The van der Waals surface area contributed by atoms with Gasteiger partial charge in [-0.2, -0.15) is 0 Å². The van der Waals surface area contributed by atoms with E-state index in [2.05, 4.69) is 12.2 Å². The molecule has 11 nitrogen and oxygen atoms in total. The zero-order valence-corrected chi connectivity index (χ0v) is 23.2. The number of hydrogen-bond donors (Lipinski definition) is 5. The number of nitrogens with zero attached hydrogens (tertiary/aromatic N) is 2. The van der Waals surface area contributed by atoms with Gasteiger partial charge in [0.1, 0.15) is 11.7 Å². The molecule has 0 aromatic heterocycles. The summed E-state index contributed by atoms with van der Waals surface area (Å²) in [7, 11) is 6.92. The molecule has 0 spiro atoms. The molecule has 4 rings (SSSR count). The molecule has 214 valence electrons. The molecule has 6 N–H and O–H groups in total. The SMILES string of the molecule is CCCCNCc1cc(N(C)C)c2c(c1O)C(=O)C1C(=O)[C@@]3(O)C(=O)C(C(N)=O)C(O)[C@H](N(C)C)[C@H]3C[C@H]1C2.